The van der Waals surface area contributed by atoms with Crippen molar-refractivity contribution in [1.82, 2.24) is 0 Å². The maximum atomic E-state index is 13.9. The summed E-state index contributed by atoms with van der Waals surface area (Å²) < 4.78 is 83.5. The van der Waals surface area contributed by atoms with Crippen LogP contribution in [0.15, 0.2) is 207 Å². The molecule has 7 N–H and O–H groups in total. The number of aromatic carboxylic acids is 3. The van der Waals surface area contributed by atoms with Crippen LogP contribution in [-0.4, -0.2) is 71.8 Å². The highest BCUT2D eigenvalue weighted by atomic mass is 19.4. The lowest BCUT2D eigenvalue weighted by Gasteiger charge is -2.38. The summed E-state index contributed by atoms with van der Waals surface area (Å²) in [6, 6.07) is 57.1. The molecule has 11 aromatic carbocycles. The molecule has 0 radical (unpaired) electrons. The van der Waals surface area contributed by atoms with Crippen molar-refractivity contribution in [2.45, 2.75) is 141 Å². The van der Waals surface area contributed by atoms with Gasteiger partial charge >= 0.3 is 30.3 Å². The van der Waals surface area contributed by atoms with Crippen LogP contribution in [0.5, 0.6) is 17.2 Å². The van der Waals surface area contributed by atoms with E-state index in [-0.39, 0.29) is 22.9 Å². The van der Waals surface area contributed by atoms with Gasteiger partial charge in [0.1, 0.15) is 23.0 Å². The number of aliphatic hydroxyl groups is 1. The number of hydrogen-bond donors (Lipinski definition) is 7. The van der Waals surface area contributed by atoms with Gasteiger partial charge in [-0.15, -0.1) is 0 Å². The second-order valence-electron chi connectivity index (χ2n) is 28.0. The number of phenols is 3. The molecule has 0 bridgehead atoms. The summed E-state index contributed by atoms with van der Waals surface area (Å²) in [7, 11) is 0. The SMILES string of the molecule is C=C(O)c1cc(C)cc(Cc2cc(C)cc(C(=O)O)c2)c1.CC(=O)c1cc(Cc2ccc(C)c(C(=O)O)c2)ccc1C.Cc1cc(C)cc(C(=O)O)c1.Cc1ccc(-c2ccc(C)c(O)c2)cc1C.Cc1ccc(-c2ccc(O)c(C)c2)cc1C.Cc1ccc(C(c2ccc(O)c(C)c2)(C(F)(F)F)C(F)(F)F)cc1C. The van der Waals surface area contributed by atoms with Gasteiger partial charge in [-0.3, -0.25) is 4.79 Å². The zero-order chi connectivity index (χ0) is 82.2. The van der Waals surface area contributed by atoms with Crippen molar-refractivity contribution in [1.29, 1.82) is 0 Å². The van der Waals surface area contributed by atoms with Gasteiger partial charge in [0.05, 0.1) is 16.7 Å². The molecular formula is C93H94F6O11. The quantitative estimate of drug-likeness (QED) is 0.0328. The third-order valence-electron chi connectivity index (χ3n) is 18.9. The lowest BCUT2D eigenvalue weighted by Crippen LogP contribution is -2.54. The molecule has 0 aliphatic heterocycles. The van der Waals surface area contributed by atoms with Crippen molar-refractivity contribution in [2.75, 3.05) is 0 Å². The number of carboxylic acid groups (broad SMARTS) is 3. The van der Waals surface area contributed by atoms with Crippen molar-refractivity contribution in [3.05, 3.63) is 351 Å². The molecule has 0 amide bonds. The van der Waals surface area contributed by atoms with Crippen molar-refractivity contribution < 1.29 is 81.3 Å². The summed E-state index contributed by atoms with van der Waals surface area (Å²) in [5.41, 5.74) is 18.2. The first-order valence-electron chi connectivity index (χ1n) is 35.1. The van der Waals surface area contributed by atoms with E-state index < -0.39 is 46.8 Å². The Balaban J connectivity index is 0.000000209. The van der Waals surface area contributed by atoms with Gasteiger partial charge in [0.25, 0.3) is 0 Å². The first kappa shape index (κ1) is 86.9. The number of benzene rings is 11. The summed E-state index contributed by atoms with van der Waals surface area (Å²) in [5.74, 6) is -2.28. The molecule has 17 heteroatoms. The second kappa shape index (κ2) is 37.2. The molecule has 0 spiro atoms. The van der Waals surface area contributed by atoms with E-state index in [0.29, 0.717) is 63.8 Å². The molecule has 110 heavy (non-hydrogen) atoms. The molecule has 574 valence electrons. The van der Waals surface area contributed by atoms with E-state index in [1.165, 1.54) is 47.7 Å². The topological polar surface area (TPSA) is 210 Å². The Morgan fingerprint density at radius 3 is 1.03 bits per heavy atom. The smallest absolute Gasteiger partial charge is 0.411 e. The maximum Gasteiger partial charge on any atom is 0.411 e. The zero-order valence-electron chi connectivity index (χ0n) is 64.7. The third-order valence-corrected chi connectivity index (χ3v) is 18.9. The largest absolute Gasteiger partial charge is 0.508 e. The number of Topliss-reactive ketones (excluding diaryl/α,β-unsaturated/α-hetero) is 1. The summed E-state index contributed by atoms with van der Waals surface area (Å²) in [5, 5.41) is 65.1. The second-order valence-corrected chi connectivity index (χ2v) is 28.0. The van der Waals surface area contributed by atoms with E-state index in [2.05, 4.69) is 70.7 Å². The van der Waals surface area contributed by atoms with E-state index in [9.17, 15) is 65.9 Å². The highest BCUT2D eigenvalue weighted by molar-refractivity contribution is 5.96. The fourth-order valence-corrected chi connectivity index (χ4v) is 12.3. The summed E-state index contributed by atoms with van der Waals surface area (Å²) in [6.45, 7) is 33.0. The van der Waals surface area contributed by atoms with Gasteiger partial charge < -0.3 is 35.7 Å². The molecule has 11 rings (SSSR count). The van der Waals surface area contributed by atoms with E-state index in [4.69, 9.17) is 15.3 Å². The summed E-state index contributed by atoms with van der Waals surface area (Å²) >= 11 is 0. The normalized spacial score (nSPS) is 11.0. The van der Waals surface area contributed by atoms with E-state index in [1.54, 1.807) is 57.2 Å². The van der Waals surface area contributed by atoms with Crippen LogP contribution < -0.4 is 0 Å². The molecule has 0 unspecified atom stereocenters. The Labute approximate surface area is 639 Å². The minimum Gasteiger partial charge on any atom is -0.508 e. The zero-order valence-corrected chi connectivity index (χ0v) is 64.7. The summed E-state index contributed by atoms with van der Waals surface area (Å²) in [4.78, 5) is 44.4. The van der Waals surface area contributed by atoms with Gasteiger partial charge in [-0.2, -0.15) is 26.3 Å². The van der Waals surface area contributed by atoms with Crippen LogP contribution >= 0.6 is 0 Å². The highest BCUT2D eigenvalue weighted by Crippen LogP contribution is 2.57. The first-order valence-corrected chi connectivity index (χ1v) is 35.1. The predicted molar refractivity (Wildman–Crippen MR) is 426 cm³/mol. The van der Waals surface area contributed by atoms with Crippen molar-refractivity contribution in [2.24, 2.45) is 0 Å². The lowest BCUT2D eigenvalue weighted by atomic mass is 9.72. The number of carbonyl (C=O) groups excluding carboxylic acids is 1. The van der Waals surface area contributed by atoms with Crippen molar-refractivity contribution in [3.63, 3.8) is 0 Å². The van der Waals surface area contributed by atoms with Crippen LogP contribution in [0, 0.1) is 104 Å². The minimum atomic E-state index is -5.63. The molecule has 11 nitrogen and oxygen atoms in total. The standard InChI is InChI=1S/C18H16F6O.2C18H18O3.2C15H16O.C9H10O2/c1-10-4-5-13(8-11(10)2)16(17(19,20)21,18(22,23)24)14-6-7-15(25)12(3)9-14;1-11-4-14(9-16(6-11)13(3)19)8-15-5-12(2)7-17(10-15)18(20)21;1-11-4-6-14(9-16(11)13(3)19)8-15-7-5-12(2)17(10-15)18(20)21;1-10-4-6-13(8-12(10)3)14-7-5-11(2)15(16)9-14;1-10-4-5-13(8-11(10)2)14-6-7-15(16)12(3)9-14;1-6-3-7(2)5-8(4-6)9(10)11/h4-9,25H,1-3H3;4-7,9-10,19H,3,8H2,1-2H3,(H,20,21);4-7,9-10H,8H2,1-3H3,(H,20,21);2*4-9,16H,1-3H3;3-5H,1-2H3,(H,10,11). The molecule has 0 atom stereocenters. The average Bonchev–Trinajstić information content (AvgIpc) is 0.713. The monoisotopic (exact) mass is 1500 g/mol. The maximum absolute atomic E-state index is 13.9. The molecule has 0 saturated carbocycles. The average molecular weight is 1500 g/mol. The predicted octanol–water partition coefficient (Wildman–Crippen LogP) is 23.6. The van der Waals surface area contributed by atoms with Crippen LogP contribution in [0.3, 0.4) is 0 Å². The van der Waals surface area contributed by atoms with Crippen LogP contribution in [0.25, 0.3) is 28.0 Å². The van der Waals surface area contributed by atoms with Gasteiger partial charge in [0.15, 0.2) is 5.78 Å². The van der Waals surface area contributed by atoms with E-state index >= 15 is 0 Å². The minimum absolute atomic E-state index is 0.0374. The van der Waals surface area contributed by atoms with Crippen molar-refractivity contribution >= 4 is 29.5 Å². The van der Waals surface area contributed by atoms with E-state index in [1.807, 2.05) is 139 Å². The summed E-state index contributed by atoms with van der Waals surface area (Å²) in [6.07, 6.45) is -10.0. The molecule has 0 aromatic heterocycles. The molecule has 0 aliphatic carbocycles. The number of aromatic hydroxyl groups is 3. The number of hydrogen-bond acceptors (Lipinski definition) is 8. The van der Waals surface area contributed by atoms with Crippen LogP contribution in [0.4, 0.5) is 26.3 Å². The Bertz CT molecular complexity index is 4810. The Morgan fingerprint density at radius 2 is 0.627 bits per heavy atom. The number of carboxylic acids is 3. The molecular weight excluding hydrogens is 1410 g/mol. The van der Waals surface area contributed by atoms with Crippen LogP contribution in [-0.2, 0) is 18.3 Å². The Hall–Kier alpha value is -12.0. The Kier molecular flexibility index (Phi) is 29.4. The number of ketones is 1. The third kappa shape index (κ3) is 23.0. The molecule has 11 aromatic rings. The molecule has 0 saturated heterocycles. The number of aryl methyl sites for hydroxylation is 15. The number of alkyl halides is 6. The number of phenolic OH excluding ortho intramolecular Hbond substituents is 3. The van der Waals surface area contributed by atoms with Gasteiger partial charge in [0.2, 0.25) is 5.41 Å². The van der Waals surface area contributed by atoms with E-state index in [0.717, 1.165) is 113 Å². The highest BCUT2D eigenvalue weighted by Gasteiger charge is 2.72. The fourth-order valence-electron chi connectivity index (χ4n) is 12.3. The number of aliphatic hydroxyl groups excluding tert-OH is 1. The number of halogens is 6. The molecule has 0 fully saturated rings. The van der Waals surface area contributed by atoms with Crippen LogP contribution in [0.2, 0.25) is 0 Å². The lowest BCUT2D eigenvalue weighted by molar-refractivity contribution is -0.288. The number of rotatable bonds is 13. The van der Waals surface area contributed by atoms with Gasteiger partial charge in [-0.1, -0.05) is 151 Å². The first-order chi connectivity index (χ1) is 51.3. The molecule has 0 heterocycles. The number of carbonyl (C=O) groups is 4. The fraction of sp³-hybridized carbons (Fsp3) is 0.226. The van der Waals surface area contributed by atoms with Crippen molar-refractivity contribution in [3.8, 4) is 39.5 Å². The Morgan fingerprint density at radius 1 is 0.300 bits per heavy atom. The molecule has 0 aliphatic rings. The van der Waals surface area contributed by atoms with Gasteiger partial charge in [-0.25, -0.2) is 14.4 Å². The van der Waals surface area contributed by atoms with Gasteiger partial charge in [0, 0.05) is 11.1 Å². The van der Waals surface area contributed by atoms with Crippen LogP contribution in [0.1, 0.15) is 171 Å². The van der Waals surface area contributed by atoms with Gasteiger partial charge in [-0.05, 0) is 319 Å².